The van der Waals surface area contributed by atoms with Gasteiger partial charge in [-0.2, -0.15) is 0 Å². The summed E-state index contributed by atoms with van der Waals surface area (Å²) < 4.78 is 6.36. The predicted octanol–water partition coefficient (Wildman–Crippen LogP) is 13.0. The second-order valence-corrected chi connectivity index (χ2v) is 12.2. The highest BCUT2D eigenvalue weighted by Gasteiger charge is 2.07. The van der Waals surface area contributed by atoms with E-state index in [0.29, 0.717) is 0 Å². The average Bonchev–Trinajstić information content (AvgIpc) is 2.93. The van der Waals surface area contributed by atoms with Crippen LogP contribution in [0, 0.1) is 13.8 Å². The van der Waals surface area contributed by atoms with Crippen molar-refractivity contribution in [3.05, 3.63) is 58.7 Å². The summed E-state index contributed by atoms with van der Waals surface area (Å²) in [7, 11) is 0. The van der Waals surface area contributed by atoms with Crippen LogP contribution in [0.25, 0.3) is 0 Å². The maximum atomic E-state index is 6.36. The molecule has 1 heteroatoms. The van der Waals surface area contributed by atoms with Crippen LogP contribution in [0.5, 0.6) is 11.5 Å². The first-order valence-electron chi connectivity index (χ1n) is 17.0. The molecule has 1 nitrogen and oxygen atoms in total. The van der Waals surface area contributed by atoms with Gasteiger partial charge in [0.25, 0.3) is 0 Å². The molecule has 0 aliphatic carbocycles. The monoisotopic (exact) mass is 534 g/mol. The molecule has 0 bridgehead atoms. The first kappa shape index (κ1) is 33.4. The Bertz CT molecular complexity index is 796. The van der Waals surface area contributed by atoms with Crippen LogP contribution < -0.4 is 4.74 Å². The van der Waals surface area contributed by atoms with Crippen LogP contribution in [0.2, 0.25) is 0 Å². The molecule has 0 heterocycles. The third-order valence-electron chi connectivity index (χ3n) is 8.34. The van der Waals surface area contributed by atoms with Crippen LogP contribution in [0.1, 0.15) is 165 Å². The van der Waals surface area contributed by atoms with Gasteiger partial charge in [0.1, 0.15) is 11.5 Å². The minimum atomic E-state index is 0.993. The minimum absolute atomic E-state index is 0.993. The second-order valence-electron chi connectivity index (χ2n) is 12.2. The van der Waals surface area contributed by atoms with Gasteiger partial charge in [0.15, 0.2) is 0 Å². The van der Waals surface area contributed by atoms with E-state index in [2.05, 4.69) is 64.1 Å². The first-order chi connectivity index (χ1) is 19.1. The van der Waals surface area contributed by atoms with Gasteiger partial charge in [-0.25, -0.2) is 0 Å². The van der Waals surface area contributed by atoms with Gasteiger partial charge in [0.2, 0.25) is 0 Å². The summed E-state index contributed by atoms with van der Waals surface area (Å²) >= 11 is 0. The standard InChI is InChI=1S/C38H62O/c1-5-7-9-11-13-15-17-19-21-23-25-35-27-29-37(33(3)31-35)39-38-30-28-36(32-34(38)4)26-24-22-20-18-16-14-12-10-8-6-2/h27-32H,5-26H2,1-4H3. The van der Waals surface area contributed by atoms with Crippen LogP contribution in [0.15, 0.2) is 36.4 Å². The van der Waals surface area contributed by atoms with Crippen LogP contribution in [-0.4, -0.2) is 0 Å². The molecule has 2 aromatic rings. The fourth-order valence-corrected chi connectivity index (χ4v) is 5.71. The number of rotatable bonds is 24. The van der Waals surface area contributed by atoms with Crippen molar-refractivity contribution >= 4 is 0 Å². The average molecular weight is 535 g/mol. The van der Waals surface area contributed by atoms with E-state index in [1.165, 1.54) is 164 Å². The number of benzene rings is 2. The molecule has 0 aliphatic heterocycles. The van der Waals surface area contributed by atoms with Gasteiger partial charge in [-0.05, 0) is 73.9 Å². The Labute approximate surface area is 243 Å². The molecular formula is C38H62O. The Morgan fingerprint density at radius 3 is 1.03 bits per heavy atom. The summed E-state index contributed by atoms with van der Waals surface area (Å²) in [5.74, 6) is 1.99. The lowest BCUT2D eigenvalue weighted by molar-refractivity contribution is 0.474. The highest BCUT2D eigenvalue weighted by molar-refractivity contribution is 5.43. The minimum Gasteiger partial charge on any atom is -0.457 e. The van der Waals surface area contributed by atoms with Gasteiger partial charge in [0, 0.05) is 0 Å². The summed E-state index contributed by atoms with van der Waals surface area (Å²) in [5, 5.41) is 0. The van der Waals surface area contributed by atoms with Gasteiger partial charge in [-0.1, -0.05) is 154 Å². The van der Waals surface area contributed by atoms with Gasteiger partial charge in [-0.15, -0.1) is 0 Å². The van der Waals surface area contributed by atoms with Crippen molar-refractivity contribution < 1.29 is 4.74 Å². The summed E-state index contributed by atoms with van der Waals surface area (Å²) in [5.41, 5.74) is 5.38. The quantitative estimate of drug-likeness (QED) is 0.122. The van der Waals surface area contributed by atoms with Crippen LogP contribution in [-0.2, 0) is 12.8 Å². The molecule has 0 N–H and O–H groups in total. The van der Waals surface area contributed by atoms with E-state index in [1.54, 1.807) is 0 Å². The third-order valence-corrected chi connectivity index (χ3v) is 8.34. The van der Waals surface area contributed by atoms with E-state index in [4.69, 9.17) is 4.74 Å². The van der Waals surface area contributed by atoms with Crippen molar-refractivity contribution in [3.63, 3.8) is 0 Å². The normalized spacial score (nSPS) is 11.3. The molecular weight excluding hydrogens is 472 g/mol. The molecule has 0 unspecified atom stereocenters. The molecule has 0 saturated carbocycles. The number of hydrogen-bond acceptors (Lipinski definition) is 1. The van der Waals surface area contributed by atoms with Crippen molar-refractivity contribution in [1.29, 1.82) is 0 Å². The lowest BCUT2D eigenvalue weighted by Crippen LogP contribution is -1.94. The lowest BCUT2D eigenvalue weighted by atomic mass is 10.0. The van der Waals surface area contributed by atoms with Crippen molar-refractivity contribution in [3.8, 4) is 11.5 Å². The Morgan fingerprint density at radius 1 is 0.410 bits per heavy atom. The molecule has 0 saturated heterocycles. The number of ether oxygens (including phenoxy) is 1. The highest BCUT2D eigenvalue weighted by atomic mass is 16.5. The summed E-state index contributed by atoms with van der Waals surface area (Å²) in [6.07, 6.45) is 30.3. The smallest absolute Gasteiger partial charge is 0.130 e. The van der Waals surface area contributed by atoms with E-state index in [1.807, 2.05) is 0 Å². The predicted molar refractivity (Wildman–Crippen MR) is 174 cm³/mol. The van der Waals surface area contributed by atoms with Crippen LogP contribution in [0.3, 0.4) is 0 Å². The Hall–Kier alpha value is -1.76. The van der Waals surface area contributed by atoms with Crippen LogP contribution >= 0.6 is 0 Å². The highest BCUT2D eigenvalue weighted by Crippen LogP contribution is 2.30. The number of aryl methyl sites for hydroxylation is 4. The van der Waals surface area contributed by atoms with E-state index >= 15 is 0 Å². The maximum Gasteiger partial charge on any atom is 0.130 e. The van der Waals surface area contributed by atoms with Crippen molar-refractivity contribution in [2.75, 3.05) is 0 Å². The molecule has 0 fully saturated rings. The number of hydrogen-bond donors (Lipinski definition) is 0. The summed E-state index contributed by atoms with van der Waals surface area (Å²) in [6, 6.07) is 13.6. The Kier molecular flexibility index (Phi) is 18.9. The zero-order valence-corrected chi connectivity index (χ0v) is 26.4. The topological polar surface area (TPSA) is 9.23 Å². The van der Waals surface area contributed by atoms with Gasteiger partial charge in [-0.3, -0.25) is 0 Å². The fraction of sp³-hybridized carbons (Fsp3) is 0.684. The first-order valence-corrected chi connectivity index (χ1v) is 17.0. The van der Waals surface area contributed by atoms with Crippen molar-refractivity contribution in [2.45, 2.75) is 169 Å². The SMILES string of the molecule is CCCCCCCCCCCCc1ccc(Oc2ccc(CCCCCCCCCCCC)cc2C)c(C)c1. The van der Waals surface area contributed by atoms with Crippen molar-refractivity contribution in [2.24, 2.45) is 0 Å². The van der Waals surface area contributed by atoms with E-state index < -0.39 is 0 Å². The van der Waals surface area contributed by atoms with Gasteiger partial charge in [0.05, 0.1) is 0 Å². The second kappa shape index (κ2) is 22.0. The maximum absolute atomic E-state index is 6.36. The van der Waals surface area contributed by atoms with E-state index in [-0.39, 0.29) is 0 Å². The molecule has 0 spiro atoms. The molecule has 39 heavy (non-hydrogen) atoms. The molecule has 220 valence electrons. The molecule has 0 aromatic heterocycles. The molecule has 0 radical (unpaired) electrons. The zero-order chi connectivity index (χ0) is 28.0. The largest absolute Gasteiger partial charge is 0.457 e. The molecule has 0 atom stereocenters. The van der Waals surface area contributed by atoms with E-state index in [9.17, 15) is 0 Å². The zero-order valence-electron chi connectivity index (χ0n) is 26.4. The number of unbranched alkanes of at least 4 members (excludes halogenated alkanes) is 18. The fourth-order valence-electron chi connectivity index (χ4n) is 5.71. The van der Waals surface area contributed by atoms with Gasteiger partial charge >= 0.3 is 0 Å². The van der Waals surface area contributed by atoms with Crippen molar-refractivity contribution in [1.82, 2.24) is 0 Å². The molecule has 2 aromatic carbocycles. The lowest BCUT2D eigenvalue weighted by Gasteiger charge is -2.13. The molecule has 2 rings (SSSR count). The third kappa shape index (κ3) is 15.6. The van der Waals surface area contributed by atoms with Gasteiger partial charge < -0.3 is 4.74 Å². The molecule has 0 aliphatic rings. The van der Waals surface area contributed by atoms with E-state index in [0.717, 1.165) is 11.5 Å². The van der Waals surface area contributed by atoms with Crippen LogP contribution in [0.4, 0.5) is 0 Å². The Morgan fingerprint density at radius 2 is 0.718 bits per heavy atom. The Balaban J connectivity index is 1.62. The summed E-state index contributed by atoms with van der Waals surface area (Å²) in [6.45, 7) is 8.96. The molecule has 0 amide bonds. The summed E-state index contributed by atoms with van der Waals surface area (Å²) in [4.78, 5) is 0.